The first kappa shape index (κ1) is 18.8. The predicted molar refractivity (Wildman–Crippen MR) is 101 cm³/mol. The van der Waals surface area contributed by atoms with E-state index in [2.05, 4.69) is 26.7 Å². The molecule has 0 spiro atoms. The average Bonchev–Trinajstić information content (AvgIpc) is 2.61. The maximum Gasteiger partial charge on any atom is 0.208 e. The number of piperidine rings is 1. The highest BCUT2D eigenvalue weighted by atomic mass is 32.2. The number of likely N-dealkylation sites (tertiary alicyclic amines) is 1. The van der Waals surface area contributed by atoms with Crippen molar-refractivity contribution in [2.45, 2.75) is 32.0 Å². The van der Waals surface area contributed by atoms with E-state index in [0.717, 1.165) is 43.9 Å². The Morgan fingerprint density at radius 2 is 2.04 bits per heavy atom. The van der Waals surface area contributed by atoms with Crippen molar-refractivity contribution in [3.63, 3.8) is 0 Å². The number of sulfonamides is 1. The van der Waals surface area contributed by atoms with Crippen molar-refractivity contribution >= 4 is 10.0 Å². The monoisotopic (exact) mass is 375 g/mol. The molecule has 1 N–H and O–H groups in total. The number of rotatable bonds is 7. The van der Waals surface area contributed by atoms with Gasteiger partial charge in [0.2, 0.25) is 10.0 Å². The summed E-state index contributed by atoms with van der Waals surface area (Å²) in [5.41, 5.74) is 2.09. The minimum absolute atomic E-state index is 0.000251. The zero-order chi connectivity index (χ0) is 18.4. The van der Waals surface area contributed by atoms with Crippen LogP contribution in [-0.2, 0) is 23.2 Å². The van der Waals surface area contributed by atoms with Gasteiger partial charge in [0.05, 0.1) is 11.9 Å². The van der Waals surface area contributed by atoms with E-state index >= 15 is 0 Å². The van der Waals surface area contributed by atoms with Crippen molar-refractivity contribution in [3.05, 3.63) is 59.9 Å². The summed E-state index contributed by atoms with van der Waals surface area (Å²) in [4.78, 5) is 6.53. The van der Waals surface area contributed by atoms with Crippen LogP contribution in [0.3, 0.4) is 0 Å². The standard InChI is InChI=1S/C19H25N3O3S/c1-26(23,24)21-17-6-4-12-22(14-17)13-16-7-9-19(10-8-16)25-15-18-5-2-3-11-20-18/h2-3,5,7-11,17,21H,4,6,12-15H2,1H3/t17-/m0/s1. The third-order valence-corrected chi connectivity index (χ3v) is 5.09. The first-order valence-electron chi connectivity index (χ1n) is 8.79. The zero-order valence-corrected chi connectivity index (χ0v) is 15.8. The smallest absolute Gasteiger partial charge is 0.208 e. The fourth-order valence-electron chi connectivity index (χ4n) is 3.19. The van der Waals surface area contributed by atoms with Gasteiger partial charge in [0.25, 0.3) is 0 Å². The molecule has 0 amide bonds. The van der Waals surface area contributed by atoms with Crippen LogP contribution in [0.25, 0.3) is 0 Å². The molecular weight excluding hydrogens is 350 g/mol. The van der Waals surface area contributed by atoms with Gasteiger partial charge in [0.15, 0.2) is 0 Å². The number of nitrogens with one attached hydrogen (secondary N) is 1. The van der Waals surface area contributed by atoms with E-state index in [1.54, 1.807) is 6.20 Å². The molecule has 2 aromatic rings. The Labute approximate surface area is 155 Å². The van der Waals surface area contributed by atoms with Crippen LogP contribution in [0.4, 0.5) is 0 Å². The lowest BCUT2D eigenvalue weighted by Gasteiger charge is -2.32. The van der Waals surface area contributed by atoms with Crippen LogP contribution < -0.4 is 9.46 Å². The van der Waals surface area contributed by atoms with Gasteiger partial charge in [-0.25, -0.2) is 13.1 Å². The van der Waals surface area contributed by atoms with Gasteiger partial charge in [-0.2, -0.15) is 0 Å². The summed E-state index contributed by atoms with van der Waals surface area (Å²) >= 11 is 0. The number of hydrogen-bond donors (Lipinski definition) is 1. The number of aromatic nitrogens is 1. The molecule has 1 saturated heterocycles. The fourth-order valence-corrected chi connectivity index (χ4v) is 3.99. The molecule has 0 bridgehead atoms. The van der Waals surface area contributed by atoms with E-state index in [1.807, 2.05) is 30.3 Å². The second kappa shape index (κ2) is 8.62. The van der Waals surface area contributed by atoms with Gasteiger partial charge in [0.1, 0.15) is 12.4 Å². The Morgan fingerprint density at radius 3 is 2.73 bits per heavy atom. The first-order chi connectivity index (χ1) is 12.5. The Morgan fingerprint density at radius 1 is 1.23 bits per heavy atom. The first-order valence-corrected chi connectivity index (χ1v) is 10.7. The van der Waals surface area contributed by atoms with Crippen LogP contribution in [0.2, 0.25) is 0 Å². The topological polar surface area (TPSA) is 71.5 Å². The molecule has 1 atom stereocenters. The highest BCUT2D eigenvalue weighted by Crippen LogP contribution is 2.18. The molecule has 2 heterocycles. The van der Waals surface area contributed by atoms with E-state index in [-0.39, 0.29) is 6.04 Å². The van der Waals surface area contributed by atoms with Gasteiger partial charge in [-0.05, 0) is 49.2 Å². The number of pyridine rings is 1. The summed E-state index contributed by atoms with van der Waals surface area (Å²) in [6.07, 6.45) is 4.87. The molecule has 1 aliphatic heterocycles. The van der Waals surface area contributed by atoms with Crippen LogP contribution in [-0.4, -0.2) is 43.7 Å². The molecular formula is C19H25N3O3S. The van der Waals surface area contributed by atoms with Crippen LogP contribution in [0.1, 0.15) is 24.1 Å². The number of nitrogens with zero attached hydrogens (tertiary/aromatic N) is 2. The SMILES string of the molecule is CS(=O)(=O)N[C@H]1CCCN(Cc2ccc(OCc3ccccn3)cc2)C1. The van der Waals surface area contributed by atoms with Gasteiger partial charge in [-0.1, -0.05) is 18.2 Å². The van der Waals surface area contributed by atoms with Crippen LogP contribution in [0.5, 0.6) is 5.75 Å². The lowest BCUT2D eigenvalue weighted by molar-refractivity contribution is 0.194. The van der Waals surface area contributed by atoms with Crippen molar-refractivity contribution in [2.75, 3.05) is 19.3 Å². The van der Waals surface area contributed by atoms with E-state index in [0.29, 0.717) is 6.61 Å². The molecule has 1 fully saturated rings. The second-order valence-corrected chi connectivity index (χ2v) is 8.50. The zero-order valence-electron chi connectivity index (χ0n) is 15.0. The molecule has 7 heteroatoms. The average molecular weight is 375 g/mol. The maximum atomic E-state index is 11.4. The van der Waals surface area contributed by atoms with E-state index in [4.69, 9.17) is 4.74 Å². The number of hydrogen-bond acceptors (Lipinski definition) is 5. The summed E-state index contributed by atoms with van der Waals surface area (Å²) in [7, 11) is -3.15. The molecule has 26 heavy (non-hydrogen) atoms. The van der Waals surface area contributed by atoms with E-state index in [1.165, 1.54) is 11.8 Å². The Balaban J connectivity index is 1.50. The molecule has 1 aromatic heterocycles. The molecule has 0 saturated carbocycles. The van der Waals surface area contributed by atoms with Crippen molar-refractivity contribution in [2.24, 2.45) is 0 Å². The van der Waals surface area contributed by atoms with E-state index < -0.39 is 10.0 Å². The third-order valence-electron chi connectivity index (χ3n) is 4.33. The third kappa shape index (κ3) is 6.09. The molecule has 140 valence electrons. The molecule has 1 aliphatic rings. The summed E-state index contributed by atoms with van der Waals surface area (Å²) in [6.45, 7) is 2.98. The van der Waals surface area contributed by atoms with Gasteiger partial charge in [-0.15, -0.1) is 0 Å². The normalized spacial score (nSPS) is 18.6. The minimum Gasteiger partial charge on any atom is -0.487 e. The van der Waals surface area contributed by atoms with Crippen molar-refractivity contribution in [1.82, 2.24) is 14.6 Å². The van der Waals surface area contributed by atoms with Gasteiger partial charge in [0, 0.05) is 25.3 Å². The minimum atomic E-state index is -3.15. The van der Waals surface area contributed by atoms with Crippen LogP contribution in [0.15, 0.2) is 48.7 Å². The van der Waals surface area contributed by atoms with Crippen LogP contribution >= 0.6 is 0 Å². The lowest BCUT2D eigenvalue weighted by atomic mass is 10.1. The van der Waals surface area contributed by atoms with E-state index in [9.17, 15) is 8.42 Å². The number of benzene rings is 1. The highest BCUT2D eigenvalue weighted by Gasteiger charge is 2.22. The molecule has 1 aromatic carbocycles. The van der Waals surface area contributed by atoms with Crippen LogP contribution in [0, 0.1) is 0 Å². The summed E-state index contributed by atoms with van der Waals surface area (Å²) in [5, 5.41) is 0. The Bertz CT molecular complexity index is 795. The number of ether oxygens (including phenoxy) is 1. The van der Waals surface area contributed by atoms with Gasteiger partial charge >= 0.3 is 0 Å². The van der Waals surface area contributed by atoms with Gasteiger partial charge < -0.3 is 4.74 Å². The summed E-state index contributed by atoms with van der Waals surface area (Å²) < 4.78 is 31.3. The Hall–Kier alpha value is -1.96. The largest absolute Gasteiger partial charge is 0.487 e. The highest BCUT2D eigenvalue weighted by molar-refractivity contribution is 7.88. The quantitative estimate of drug-likeness (QED) is 0.803. The predicted octanol–water partition coefficient (Wildman–Crippen LogP) is 2.17. The van der Waals surface area contributed by atoms with Crippen molar-refractivity contribution in [1.29, 1.82) is 0 Å². The molecule has 0 radical (unpaired) electrons. The van der Waals surface area contributed by atoms with Crippen molar-refractivity contribution in [3.8, 4) is 5.75 Å². The molecule has 0 aliphatic carbocycles. The molecule has 3 rings (SSSR count). The second-order valence-electron chi connectivity index (χ2n) is 6.72. The van der Waals surface area contributed by atoms with Crippen molar-refractivity contribution < 1.29 is 13.2 Å². The lowest BCUT2D eigenvalue weighted by Crippen LogP contribution is -2.46. The fraction of sp³-hybridized carbons (Fsp3) is 0.421. The summed E-state index contributed by atoms with van der Waals surface area (Å²) in [6, 6.07) is 13.8. The van der Waals surface area contributed by atoms with Gasteiger partial charge in [-0.3, -0.25) is 9.88 Å². The summed E-state index contributed by atoms with van der Waals surface area (Å²) in [5.74, 6) is 0.815. The molecule has 6 nitrogen and oxygen atoms in total. The maximum absolute atomic E-state index is 11.4. The Kier molecular flexibility index (Phi) is 6.24. The molecule has 0 unspecified atom stereocenters.